The third-order valence-electron chi connectivity index (χ3n) is 2.91. The summed E-state index contributed by atoms with van der Waals surface area (Å²) in [5.74, 6) is -0.718. The summed E-state index contributed by atoms with van der Waals surface area (Å²) in [5.41, 5.74) is 2.53. The minimum atomic E-state index is -0.718. The summed E-state index contributed by atoms with van der Waals surface area (Å²) in [6, 6.07) is 8.93. The van der Waals surface area contributed by atoms with E-state index in [1.54, 1.807) is 0 Å². The molecule has 0 aliphatic heterocycles. The van der Waals surface area contributed by atoms with Crippen LogP contribution in [-0.2, 0) is 17.6 Å². The van der Waals surface area contributed by atoms with Crippen molar-refractivity contribution in [2.75, 3.05) is 7.05 Å². The Labute approximate surface area is 103 Å². The Morgan fingerprint density at radius 3 is 2.41 bits per heavy atom. The number of hydrogen-bond acceptors (Lipinski definition) is 2. The molecule has 0 saturated carbocycles. The first-order valence-electron chi connectivity index (χ1n) is 6.08. The lowest BCUT2D eigenvalue weighted by Gasteiger charge is -2.10. The number of hydrogen-bond donors (Lipinski definition) is 2. The van der Waals surface area contributed by atoms with Gasteiger partial charge in [0.25, 0.3) is 0 Å². The molecule has 0 aliphatic rings. The lowest BCUT2D eigenvalue weighted by molar-refractivity contribution is -0.137. The zero-order chi connectivity index (χ0) is 12.7. The molecule has 17 heavy (non-hydrogen) atoms. The fourth-order valence-corrected chi connectivity index (χ4v) is 1.74. The van der Waals surface area contributed by atoms with Gasteiger partial charge in [0.1, 0.15) is 0 Å². The number of benzene rings is 1. The highest BCUT2D eigenvalue weighted by molar-refractivity contribution is 5.66. The van der Waals surface area contributed by atoms with Crippen LogP contribution in [0.2, 0.25) is 0 Å². The van der Waals surface area contributed by atoms with Crippen molar-refractivity contribution in [3.8, 4) is 0 Å². The standard InChI is InChI=1S/C14H21NO2/c1-11(15-2)10-13-8-6-12(7-9-13)4-3-5-14(16)17/h6-9,11,15H,3-5,10H2,1-2H3,(H,16,17). The summed E-state index contributed by atoms with van der Waals surface area (Å²) < 4.78 is 0. The van der Waals surface area contributed by atoms with E-state index in [1.165, 1.54) is 11.1 Å². The molecule has 0 heterocycles. The van der Waals surface area contributed by atoms with Crippen molar-refractivity contribution >= 4 is 5.97 Å². The molecule has 1 unspecified atom stereocenters. The average molecular weight is 235 g/mol. The van der Waals surface area contributed by atoms with E-state index in [1.807, 2.05) is 7.05 Å². The van der Waals surface area contributed by atoms with Gasteiger partial charge in [-0.05, 0) is 44.4 Å². The van der Waals surface area contributed by atoms with Gasteiger partial charge in [-0.15, -0.1) is 0 Å². The van der Waals surface area contributed by atoms with Crippen molar-refractivity contribution in [3.63, 3.8) is 0 Å². The molecule has 0 bridgehead atoms. The third-order valence-corrected chi connectivity index (χ3v) is 2.91. The van der Waals surface area contributed by atoms with Gasteiger partial charge in [0.2, 0.25) is 0 Å². The zero-order valence-corrected chi connectivity index (χ0v) is 10.6. The van der Waals surface area contributed by atoms with Crippen LogP contribution in [0.25, 0.3) is 0 Å². The topological polar surface area (TPSA) is 49.3 Å². The smallest absolute Gasteiger partial charge is 0.303 e. The highest BCUT2D eigenvalue weighted by Gasteiger charge is 2.01. The maximum Gasteiger partial charge on any atom is 0.303 e. The number of likely N-dealkylation sites (N-methyl/N-ethyl adjacent to an activating group) is 1. The van der Waals surface area contributed by atoms with Crippen molar-refractivity contribution in [2.45, 2.75) is 38.6 Å². The van der Waals surface area contributed by atoms with Crippen LogP contribution in [0.4, 0.5) is 0 Å². The SMILES string of the molecule is CNC(C)Cc1ccc(CCCC(=O)O)cc1. The number of rotatable bonds is 7. The quantitative estimate of drug-likeness (QED) is 0.762. The Morgan fingerprint density at radius 2 is 1.88 bits per heavy atom. The molecule has 0 spiro atoms. The zero-order valence-electron chi connectivity index (χ0n) is 10.6. The molecule has 1 aromatic rings. The van der Waals surface area contributed by atoms with E-state index in [9.17, 15) is 4.79 Å². The van der Waals surface area contributed by atoms with Gasteiger partial charge < -0.3 is 10.4 Å². The molecular weight excluding hydrogens is 214 g/mol. The number of carbonyl (C=O) groups is 1. The van der Waals surface area contributed by atoms with E-state index in [0.29, 0.717) is 12.5 Å². The number of nitrogens with one attached hydrogen (secondary N) is 1. The minimum absolute atomic E-state index is 0.249. The molecular formula is C14H21NO2. The minimum Gasteiger partial charge on any atom is -0.481 e. The lowest BCUT2D eigenvalue weighted by Crippen LogP contribution is -2.23. The van der Waals surface area contributed by atoms with Gasteiger partial charge in [0.15, 0.2) is 0 Å². The molecule has 0 aliphatic carbocycles. The fourth-order valence-electron chi connectivity index (χ4n) is 1.74. The van der Waals surface area contributed by atoms with E-state index >= 15 is 0 Å². The Kier molecular flexibility index (Phi) is 5.70. The van der Waals surface area contributed by atoms with Crippen molar-refractivity contribution < 1.29 is 9.90 Å². The summed E-state index contributed by atoms with van der Waals surface area (Å²) >= 11 is 0. The fraction of sp³-hybridized carbons (Fsp3) is 0.500. The van der Waals surface area contributed by atoms with Crippen LogP contribution in [0.1, 0.15) is 30.9 Å². The van der Waals surface area contributed by atoms with Crippen LogP contribution in [0.5, 0.6) is 0 Å². The first-order chi connectivity index (χ1) is 8.11. The Hall–Kier alpha value is -1.35. The second-order valence-electron chi connectivity index (χ2n) is 4.46. The maximum atomic E-state index is 10.4. The van der Waals surface area contributed by atoms with Crippen LogP contribution in [0, 0.1) is 0 Å². The van der Waals surface area contributed by atoms with E-state index in [-0.39, 0.29) is 6.42 Å². The number of aryl methyl sites for hydroxylation is 1. The van der Waals surface area contributed by atoms with E-state index in [2.05, 4.69) is 36.5 Å². The van der Waals surface area contributed by atoms with Gasteiger partial charge in [0, 0.05) is 12.5 Å². The first kappa shape index (κ1) is 13.7. The van der Waals surface area contributed by atoms with Crippen molar-refractivity contribution in [1.82, 2.24) is 5.32 Å². The van der Waals surface area contributed by atoms with Crippen LogP contribution < -0.4 is 5.32 Å². The third kappa shape index (κ3) is 5.50. The molecule has 0 saturated heterocycles. The van der Waals surface area contributed by atoms with E-state index < -0.39 is 5.97 Å². The van der Waals surface area contributed by atoms with Crippen LogP contribution >= 0.6 is 0 Å². The van der Waals surface area contributed by atoms with Gasteiger partial charge in [-0.2, -0.15) is 0 Å². The normalized spacial score (nSPS) is 12.4. The summed E-state index contributed by atoms with van der Waals surface area (Å²) in [6.45, 7) is 2.15. The molecule has 0 fully saturated rings. The van der Waals surface area contributed by atoms with Gasteiger partial charge in [-0.1, -0.05) is 24.3 Å². The van der Waals surface area contributed by atoms with E-state index in [4.69, 9.17) is 5.11 Å². The largest absolute Gasteiger partial charge is 0.481 e. The molecule has 0 radical (unpaired) electrons. The monoisotopic (exact) mass is 235 g/mol. The summed E-state index contributed by atoms with van der Waals surface area (Å²) in [5, 5.41) is 11.8. The van der Waals surface area contributed by atoms with Gasteiger partial charge in [-0.25, -0.2) is 0 Å². The van der Waals surface area contributed by atoms with Crippen LogP contribution in [-0.4, -0.2) is 24.2 Å². The van der Waals surface area contributed by atoms with Gasteiger partial charge in [-0.3, -0.25) is 4.79 Å². The number of carboxylic acids is 1. The number of carboxylic acid groups (broad SMARTS) is 1. The predicted octanol–water partition coefficient (Wildman–Crippen LogP) is 2.24. The molecule has 0 aromatic heterocycles. The Morgan fingerprint density at radius 1 is 1.29 bits per heavy atom. The average Bonchev–Trinajstić information content (AvgIpc) is 2.31. The molecule has 0 amide bonds. The van der Waals surface area contributed by atoms with Gasteiger partial charge in [0.05, 0.1) is 0 Å². The molecule has 3 heteroatoms. The summed E-state index contributed by atoms with van der Waals surface area (Å²) in [7, 11) is 1.96. The predicted molar refractivity (Wildman–Crippen MR) is 69.2 cm³/mol. The first-order valence-corrected chi connectivity index (χ1v) is 6.08. The Bertz CT molecular complexity index is 346. The van der Waals surface area contributed by atoms with Crippen molar-refractivity contribution in [3.05, 3.63) is 35.4 Å². The van der Waals surface area contributed by atoms with Crippen LogP contribution in [0.15, 0.2) is 24.3 Å². The molecule has 1 aromatic carbocycles. The van der Waals surface area contributed by atoms with E-state index in [0.717, 1.165) is 12.8 Å². The summed E-state index contributed by atoms with van der Waals surface area (Å²) in [6.07, 6.45) is 2.82. The molecule has 2 N–H and O–H groups in total. The maximum absolute atomic E-state index is 10.4. The highest BCUT2D eigenvalue weighted by atomic mass is 16.4. The summed E-state index contributed by atoms with van der Waals surface area (Å²) in [4.78, 5) is 10.4. The van der Waals surface area contributed by atoms with Crippen molar-refractivity contribution in [2.24, 2.45) is 0 Å². The molecule has 94 valence electrons. The lowest BCUT2D eigenvalue weighted by atomic mass is 10.0. The second kappa shape index (κ2) is 7.07. The van der Waals surface area contributed by atoms with Gasteiger partial charge >= 0.3 is 5.97 Å². The molecule has 1 rings (SSSR count). The molecule has 1 atom stereocenters. The highest BCUT2D eigenvalue weighted by Crippen LogP contribution is 2.09. The number of aliphatic carboxylic acids is 1. The van der Waals surface area contributed by atoms with Crippen molar-refractivity contribution in [1.29, 1.82) is 0 Å². The second-order valence-corrected chi connectivity index (χ2v) is 4.46. The molecule has 3 nitrogen and oxygen atoms in total. The Balaban J connectivity index is 2.42. The van der Waals surface area contributed by atoms with Crippen LogP contribution in [0.3, 0.4) is 0 Å².